The van der Waals surface area contributed by atoms with E-state index in [-0.39, 0.29) is 18.1 Å². The predicted molar refractivity (Wildman–Crippen MR) is 241 cm³/mol. The molecule has 0 aliphatic carbocycles. The molecule has 3 aromatic carbocycles. The number of halogens is 2. The Morgan fingerprint density at radius 2 is 1.70 bits per heavy atom. The van der Waals surface area contributed by atoms with E-state index in [1.807, 2.05) is 18.2 Å². The van der Waals surface area contributed by atoms with Gasteiger partial charge in [-0.2, -0.15) is 4.98 Å². The molecule has 17 heteroatoms. The van der Waals surface area contributed by atoms with Gasteiger partial charge in [0.25, 0.3) is 0 Å². The average Bonchev–Trinajstić information content (AvgIpc) is 3.24. The third-order valence-electron chi connectivity index (χ3n) is 12.0. The van der Waals surface area contributed by atoms with Crippen LogP contribution in [0.1, 0.15) is 48.3 Å². The molecule has 0 spiro atoms. The van der Waals surface area contributed by atoms with Gasteiger partial charge in [0.2, 0.25) is 17.8 Å². The van der Waals surface area contributed by atoms with Crippen LogP contribution in [-0.4, -0.2) is 114 Å². The van der Waals surface area contributed by atoms with Crippen LogP contribution in [-0.2, 0) is 20.6 Å². The number of anilines is 5. The van der Waals surface area contributed by atoms with Gasteiger partial charge >= 0.3 is 0 Å². The van der Waals surface area contributed by atoms with Gasteiger partial charge in [-0.05, 0) is 97.3 Å². The van der Waals surface area contributed by atoms with E-state index < -0.39 is 19.0 Å². The summed E-state index contributed by atoms with van der Waals surface area (Å²) in [4.78, 5) is 49.5. The van der Waals surface area contributed by atoms with Gasteiger partial charge in [-0.1, -0.05) is 12.1 Å². The molecule has 0 radical (unpaired) electrons. The quantitative estimate of drug-likeness (QED) is 0.0896. The largest absolute Gasteiger partial charge is 0.494 e. The number of aryl methyl sites for hydroxylation is 1. The van der Waals surface area contributed by atoms with E-state index in [9.17, 15) is 14.2 Å². The molecule has 3 aliphatic rings. The molecular formula is C44H51BrFN10O4P. The molecular weight excluding hydrogens is 862 g/mol. The van der Waals surface area contributed by atoms with Crippen molar-refractivity contribution in [2.24, 2.45) is 0 Å². The Balaban J connectivity index is 0.850. The van der Waals surface area contributed by atoms with E-state index in [0.717, 1.165) is 87.6 Å². The van der Waals surface area contributed by atoms with E-state index in [1.165, 1.54) is 0 Å². The number of nitrogens with zero attached hydrogens (tertiary/aromatic N) is 7. The second kappa shape index (κ2) is 18.1. The number of ether oxygens (including phenoxy) is 1. The van der Waals surface area contributed by atoms with Gasteiger partial charge < -0.3 is 29.7 Å². The van der Waals surface area contributed by atoms with Gasteiger partial charge in [-0.25, -0.2) is 9.37 Å². The summed E-state index contributed by atoms with van der Waals surface area (Å²) in [5.41, 5.74) is 6.18. The number of hydrogen-bond donors (Lipinski definition) is 3. The molecule has 3 N–H and O–H groups in total. The number of methoxy groups -OCH3 is 1. The highest BCUT2D eigenvalue weighted by molar-refractivity contribution is 9.10. The number of rotatable bonds is 12. The maximum atomic E-state index is 15.1. The first-order valence-electron chi connectivity index (χ1n) is 20.7. The van der Waals surface area contributed by atoms with Gasteiger partial charge in [-0.3, -0.25) is 29.8 Å². The summed E-state index contributed by atoms with van der Waals surface area (Å²) in [5, 5.41) is 9.66. The van der Waals surface area contributed by atoms with Crippen molar-refractivity contribution in [3.05, 3.63) is 88.0 Å². The Hall–Kier alpha value is -5.02. The summed E-state index contributed by atoms with van der Waals surface area (Å²) >= 11 is 3.58. The number of piperidine rings is 2. The maximum Gasteiger partial charge on any atom is 0.234 e. The van der Waals surface area contributed by atoms with E-state index >= 15 is 4.39 Å². The number of aromatic nitrogens is 4. The van der Waals surface area contributed by atoms with Crippen molar-refractivity contribution in [1.82, 2.24) is 35.1 Å². The summed E-state index contributed by atoms with van der Waals surface area (Å²) in [6.45, 7) is 12.2. The fraction of sp³-hybridized carbons (Fsp3) is 0.409. The van der Waals surface area contributed by atoms with Gasteiger partial charge in [-0.15, -0.1) is 0 Å². The summed E-state index contributed by atoms with van der Waals surface area (Å²) in [6, 6.07) is 13.6. The fourth-order valence-electron chi connectivity index (χ4n) is 8.83. The zero-order valence-corrected chi connectivity index (χ0v) is 37.4. The fourth-order valence-corrected chi connectivity index (χ4v) is 10.5. The highest BCUT2D eigenvalue weighted by atomic mass is 79.9. The molecule has 5 heterocycles. The molecule has 0 saturated carbocycles. The van der Waals surface area contributed by atoms with E-state index in [0.29, 0.717) is 62.0 Å². The molecule has 3 fully saturated rings. The number of carbonyl (C=O) groups is 2. The highest BCUT2D eigenvalue weighted by Gasteiger charge is 2.31. The Labute approximate surface area is 363 Å². The van der Waals surface area contributed by atoms with Crippen molar-refractivity contribution < 1.29 is 23.3 Å². The number of piperazine rings is 1. The first-order chi connectivity index (χ1) is 29.3. The molecule has 1 atom stereocenters. The van der Waals surface area contributed by atoms with Crippen LogP contribution in [0.15, 0.2) is 65.5 Å². The number of fused-ring (bicyclic) bond motifs is 1. The second-order valence-electron chi connectivity index (χ2n) is 16.4. The van der Waals surface area contributed by atoms with Crippen LogP contribution in [0.25, 0.3) is 11.0 Å². The lowest BCUT2D eigenvalue weighted by Crippen LogP contribution is -2.53. The van der Waals surface area contributed by atoms with Crippen molar-refractivity contribution in [2.45, 2.75) is 51.0 Å². The first kappa shape index (κ1) is 42.7. The zero-order valence-electron chi connectivity index (χ0n) is 34.9. The predicted octanol–water partition coefficient (Wildman–Crippen LogP) is 6.72. The van der Waals surface area contributed by atoms with E-state index in [2.05, 4.69) is 80.6 Å². The number of benzene rings is 3. The Bertz CT molecular complexity index is 2510. The topological polar surface area (TPSA) is 158 Å². The van der Waals surface area contributed by atoms with Crippen LogP contribution < -0.4 is 30.9 Å². The Kier molecular flexibility index (Phi) is 12.7. The minimum absolute atomic E-state index is 0.231. The monoisotopic (exact) mass is 912 g/mol. The van der Waals surface area contributed by atoms with Crippen molar-refractivity contribution in [2.75, 3.05) is 81.8 Å². The van der Waals surface area contributed by atoms with Gasteiger partial charge in [0, 0.05) is 94.2 Å². The van der Waals surface area contributed by atoms with E-state index in [4.69, 9.17) is 9.72 Å². The zero-order chi connectivity index (χ0) is 42.8. The minimum atomic E-state index is -2.77. The number of imide groups is 1. The molecule has 1 unspecified atom stereocenters. The molecule has 5 aromatic rings. The van der Waals surface area contributed by atoms with Gasteiger partial charge in [0.05, 0.1) is 39.7 Å². The molecule has 61 heavy (non-hydrogen) atoms. The van der Waals surface area contributed by atoms with Crippen molar-refractivity contribution in [1.29, 1.82) is 0 Å². The van der Waals surface area contributed by atoms with Crippen LogP contribution in [0.2, 0.25) is 0 Å². The number of amides is 2. The lowest BCUT2D eigenvalue weighted by atomic mass is 9.89. The van der Waals surface area contributed by atoms with Crippen molar-refractivity contribution >= 4 is 80.1 Å². The third-order valence-corrected chi connectivity index (χ3v) is 14.1. The summed E-state index contributed by atoms with van der Waals surface area (Å²) in [5.74, 6) is -0.160. The summed E-state index contributed by atoms with van der Waals surface area (Å²) < 4.78 is 35.1. The Morgan fingerprint density at radius 1 is 0.934 bits per heavy atom. The number of hydrogen-bond acceptors (Lipinski definition) is 13. The lowest BCUT2D eigenvalue weighted by molar-refractivity contribution is -0.134. The molecule has 3 saturated heterocycles. The first-order valence-corrected chi connectivity index (χ1v) is 24.1. The average molecular weight is 914 g/mol. The lowest BCUT2D eigenvalue weighted by Gasteiger charge is -2.43. The van der Waals surface area contributed by atoms with Crippen molar-refractivity contribution in [3.8, 4) is 5.75 Å². The number of nitrogens with one attached hydrogen (secondary N) is 3. The molecule has 2 aromatic heterocycles. The van der Waals surface area contributed by atoms with Crippen molar-refractivity contribution in [3.63, 3.8) is 0 Å². The van der Waals surface area contributed by atoms with Crippen LogP contribution in [0, 0.1) is 12.7 Å². The SMILES string of the molecule is COc1cc(N2CCC(N3CCN(CCc4ccc(C5CCC(=O)NC5=O)c(F)c4)CC3)CC2)c(C)cc1Nc1ncc(Br)c(Nc2ccc3nccnc3c2P(C)(C)=O)n1. The van der Waals surface area contributed by atoms with Crippen LogP contribution in [0.5, 0.6) is 5.75 Å². The molecule has 14 nitrogen and oxygen atoms in total. The molecule has 2 amide bonds. The molecule has 320 valence electrons. The normalized spacial score (nSPS) is 18.3. The van der Waals surface area contributed by atoms with Gasteiger partial charge in [0.1, 0.15) is 30.0 Å². The standard InChI is InChI=1S/C44H51BrFN10O4P/c1-27-23-36(51-44-49-26-32(45)42(53-44)50-35-9-8-34-40(48-15-14-47-34)41(35)61(3,4)59)38(60-2)25-37(27)56-17-12-29(13-18-56)55-21-19-54(20-22-55)16-11-28-5-6-30(33(46)24-28)31-7-10-39(57)52-43(31)58/h5-6,8-9,14-15,23-26,29,31H,7,10-13,16-22H2,1-4H3,(H,52,57,58)(H2,49,50,51,53). The van der Waals surface area contributed by atoms with Crippen LogP contribution in [0.4, 0.5) is 33.2 Å². The van der Waals surface area contributed by atoms with Gasteiger partial charge in [0.15, 0.2) is 0 Å². The molecule has 3 aliphatic heterocycles. The number of carbonyl (C=O) groups excluding carboxylic acids is 2. The van der Waals surface area contributed by atoms with Crippen LogP contribution >= 0.6 is 23.1 Å². The van der Waals surface area contributed by atoms with Crippen LogP contribution in [0.3, 0.4) is 0 Å². The summed E-state index contributed by atoms with van der Waals surface area (Å²) in [6.07, 6.45) is 8.34. The summed E-state index contributed by atoms with van der Waals surface area (Å²) in [7, 11) is -1.11. The maximum absolute atomic E-state index is 15.1. The minimum Gasteiger partial charge on any atom is -0.494 e. The smallest absolute Gasteiger partial charge is 0.234 e. The third kappa shape index (κ3) is 9.57. The van der Waals surface area contributed by atoms with E-state index in [1.54, 1.807) is 51.2 Å². The molecule has 8 rings (SSSR count). The molecule has 0 bridgehead atoms. The second-order valence-corrected chi connectivity index (χ2v) is 20.4. The highest BCUT2D eigenvalue weighted by Crippen LogP contribution is 2.42. The Morgan fingerprint density at radius 3 is 2.43 bits per heavy atom.